The number of rotatable bonds is 8. The number of hydrogen-bond acceptors (Lipinski definition) is 4. The summed E-state index contributed by atoms with van der Waals surface area (Å²) in [6.45, 7) is 6.30. The van der Waals surface area contributed by atoms with Crippen molar-refractivity contribution in [1.29, 1.82) is 5.26 Å². The molecule has 0 aliphatic rings. The first kappa shape index (κ1) is 19.5. The molecular weight excluding hydrogens is 394 g/mol. The first-order valence-electron chi connectivity index (χ1n) is 8.02. The van der Waals surface area contributed by atoms with Gasteiger partial charge in [0.15, 0.2) is 11.5 Å². The van der Waals surface area contributed by atoms with Crippen molar-refractivity contribution >= 4 is 27.8 Å². The molecule has 0 N–H and O–H groups in total. The summed E-state index contributed by atoms with van der Waals surface area (Å²) in [7, 11) is 0. The maximum absolute atomic E-state index is 12.5. The second-order valence-corrected chi connectivity index (χ2v) is 6.08. The molecule has 0 amide bonds. The Morgan fingerprint density at radius 3 is 2.62 bits per heavy atom. The Kier molecular flexibility index (Phi) is 7.19. The maximum atomic E-state index is 12.5. The summed E-state index contributed by atoms with van der Waals surface area (Å²) in [6.07, 6.45) is 3.18. The van der Waals surface area contributed by atoms with E-state index in [4.69, 9.17) is 9.47 Å². The molecule has 0 aliphatic carbocycles. The number of hydrogen-bond donors (Lipinski definition) is 0. The molecule has 0 atom stereocenters. The minimum absolute atomic E-state index is 0.0466. The Hall–Kier alpha value is -2.84. The Bertz CT molecular complexity index is 867. The molecule has 0 unspecified atom stereocenters. The molecule has 5 heteroatoms. The molecule has 2 rings (SSSR count). The number of nitrogens with zero attached hydrogens (tertiary/aromatic N) is 1. The molecule has 2 aromatic rings. The van der Waals surface area contributed by atoms with Crippen LogP contribution in [0.25, 0.3) is 6.08 Å². The normalized spacial score (nSPS) is 10.7. The predicted molar refractivity (Wildman–Crippen MR) is 105 cm³/mol. The lowest BCUT2D eigenvalue weighted by Crippen LogP contribution is -2.02. The van der Waals surface area contributed by atoms with Crippen LogP contribution in [0.15, 0.2) is 65.2 Å². The standard InChI is InChI=1S/C21H18BrNO3/c1-3-10-26-21-18(22)12-15(13-19(21)25-4-2)11-17(14-23)20(24)16-8-6-5-7-9-16/h3,5-9,11-13H,1,4,10H2,2H3/b17-11+. The van der Waals surface area contributed by atoms with Crippen molar-refractivity contribution in [2.75, 3.05) is 13.2 Å². The largest absolute Gasteiger partial charge is 0.490 e. The van der Waals surface area contributed by atoms with Crippen molar-refractivity contribution in [3.8, 4) is 17.6 Å². The summed E-state index contributed by atoms with van der Waals surface area (Å²) in [5, 5.41) is 9.41. The second-order valence-electron chi connectivity index (χ2n) is 5.23. The average Bonchev–Trinajstić information content (AvgIpc) is 2.66. The highest BCUT2D eigenvalue weighted by Crippen LogP contribution is 2.37. The van der Waals surface area contributed by atoms with Crippen LogP contribution >= 0.6 is 15.9 Å². The summed E-state index contributed by atoms with van der Waals surface area (Å²) in [5.74, 6) is 0.755. The minimum Gasteiger partial charge on any atom is -0.490 e. The summed E-state index contributed by atoms with van der Waals surface area (Å²) in [5.41, 5.74) is 1.17. The number of carbonyl (C=O) groups is 1. The third-order valence-corrected chi connectivity index (χ3v) is 3.98. The van der Waals surface area contributed by atoms with Gasteiger partial charge in [0.2, 0.25) is 5.78 Å². The van der Waals surface area contributed by atoms with Crippen molar-refractivity contribution < 1.29 is 14.3 Å². The zero-order valence-electron chi connectivity index (χ0n) is 14.4. The SMILES string of the molecule is C=CCOc1c(Br)cc(/C=C(\C#N)C(=O)c2ccccc2)cc1OCC. The molecule has 26 heavy (non-hydrogen) atoms. The van der Waals surface area contributed by atoms with Gasteiger partial charge in [0.25, 0.3) is 0 Å². The molecule has 4 nitrogen and oxygen atoms in total. The summed E-state index contributed by atoms with van der Waals surface area (Å²) < 4.78 is 11.9. The molecule has 2 aromatic carbocycles. The van der Waals surface area contributed by atoms with E-state index >= 15 is 0 Å². The van der Waals surface area contributed by atoms with E-state index in [-0.39, 0.29) is 11.4 Å². The maximum Gasteiger partial charge on any atom is 0.203 e. The van der Waals surface area contributed by atoms with Crippen LogP contribution < -0.4 is 9.47 Å². The van der Waals surface area contributed by atoms with Gasteiger partial charge < -0.3 is 9.47 Å². The summed E-state index contributed by atoms with van der Waals surface area (Å²) in [6, 6.07) is 14.2. The molecule has 0 bridgehead atoms. The lowest BCUT2D eigenvalue weighted by molar-refractivity contribution is 0.104. The van der Waals surface area contributed by atoms with Gasteiger partial charge in [-0.15, -0.1) is 0 Å². The van der Waals surface area contributed by atoms with E-state index in [0.717, 1.165) is 0 Å². The zero-order valence-corrected chi connectivity index (χ0v) is 16.0. The number of halogens is 1. The van der Waals surface area contributed by atoms with Gasteiger partial charge in [-0.25, -0.2) is 0 Å². The van der Waals surface area contributed by atoms with Crippen LogP contribution in [-0.4, -0.2) is 19.0 Å². The Morgan fingerprint density at radius 1 is 1.27 bits per heavy atom. The van der Waals surface area contributed by atoms with Crippen molar-refractivity contribution in [3.63, 3.8) is 0 Å². The Balaban J connectivity index is 2.43. The molecule has 0 saturated carbocycles. The van der Waals surface area contributed by atoms with Gasteiger partial charge in [0.1, 0.15) is 18.2 Å². The fourth-order valence-corrected chi connectivity index (χ4v) is 2.85. The fraction of sp³-hybridized carbons (Fsp3) is 0.143. The van der Waals surface area contributed by atoms with E-state index in [0.29, 0.717) is 40.3 Å². The molecule has 132 valence electrons. The van der Waals surface area contributed by atoms with E-state index in [9.17, 15) is 10.1 Å². The van der Waals surface area contributed by atoms with Crippen molar-refractivity contribution in [3.05, 3.63) is 76.3 Å². The highest BCUT2D eigenvalue weighted by atomic mass is 79.9. The van der Waals surface area contributed by atoms with Crippen molar-refractivity contribution in [2.24, 2.45) is 0 Å². The van der Waals surface area contributed by atoms with Gasteiger partial charge in [-0.3, -0.25) is 4.79 Å². The van der Waals surface area contributed by atoms with E-state index in [1.807, 2.05) is 19.1 Å². The van der Waals surface area contributed by atoms with E-state index in [1.54, 1.807) is 48.6 Å². The fourth-order valence-electron chi connectivity index (χ4n) is 2.28. The van der Waals surface area contributed by atoms with Crippen molar-refractivity contribution in [1.82, 2.24) is 0 Å². The van der Waals surface area contributed by atoms with Crippen LogP contribution in [0.3, 0.4) is 0 Å². The third-order valence-electron chi connectivity index (χ3n) is 3.39. The lowest BCUT2D eigenvalue weighted by Gasteiger charge is -2.13. The van der Waals surface area contributed by atoms with E-state index in [2.05, 4.69) is 22.5 Å². The highest BCUT2D eigenvalue weighted by Gasteiger charge is 2.15. The van der Waals surface area contributed by atoms with Crippen LogP contribution in [0.2, 0.25) is 0 Å². The summed E-state index contributed by atoms with van der Waals surface area (Å²) >= 11 is 3.46. The first-order chi connectivity index (χ1) is 12.6. The lowest BCUT2D eigenvalue weighted by atomic mass is 10.0. The van der Waals surface area contributed by atoms with Crippen LogP contribution in [0.1, 0.15) is 22.8 Å². The van der Waals surface area contributed by atoms with Crippen LogP contribution in [0, 0.1) is 11.3 Å². The molecule has 0 aliphatic heterocycles. The molecule has 0 aromatic heterocycles. The predicted octanol–water partition coefficient (Wildman–Crippen LogP) is 5.20. The molecule has 0 radical (unpaired) electrons. The van der Waals surface area contributed by atoms with E-state index in [1.165, 1.54) is 0 Å². The van der Waals surface area contributed by atoms with E-state index < -0.39 is 0 Å². The van der Waals surface area contributed by atoms with Gasteiger partial charge >= 0.3 is 0 Å². The second kappa shape index (κ2) is 9.59. The average molecular weight is 412 g/mol. The smallest absolute Gasteiger partial charge is 0.203 e. The van der Waals surface area contributed by atoms with Crippen LogP contribution in [-0.2, 0) is 0 Å². The van der Waals surface area contributed by atoms with Gasteiger partial charge in [-0.1, -0.05) is 43.0 Å². The number of Topliss-reactive ketones (excluding diaryl/α,β-unsaturated/α-hetero) is 1. The van der Waals surface area contributed by atoms with Crippen LogP contribution in [0.5, 0.6) is 11.5 Å². The molecule has 0 fully saturated rings. The molecular formula is C21H18BrNO3. The third kappa shape index (κ3) is 4.84. The zero-order chi connectivity index (χ0) is 18.9. The van der Waals surface area contributed by atoms with Gasteiger partial charge in [-0.2, -0.15) is 5.26 Å². The molecule has 0 spiro atoms. The Labute approximate surface area is 161 Å². The van der Waals surface area contributed by atoms with Crippen LogP contribution in [0.4, 0.5) is 0 Å². The van der Waals surface area contributed by atoms with Gasteiger partial charge in [0, 0.05) is 5.56 Å². The van der Waals surface area contributed by atoms with Crippen molar-refractivity contribution in [2.45, 2.75) is 6.92 Å². The molecule has 0 heterocycles. The first-order valence-corrected chi connectivity index (χ1v) is 8.81. The number of ketones is 1. The number of ether oxygens (including phenoxy) is 2. The monoisotopic (exact) mass is 411 g/mol. The quantitative estimate of drug-likeness (QED) is 0.259. The van der Waals surface area contributed by atoms with Gasteiger partial charge in [-0.05, 0) is 46.6 Å². The minimum atomic E-state index is -0.325. The highest BCUT2D eigenvalue weighted by molar-refractivity contribution is 9.10. The Morgan fingerprint density at radius 2 is 2.00 bits per heavy atom. The topological polar surface area (TPSA) is 59.3 Å². The molecule has 0 saturated heterocycles. The number of benzene rings is 2. The van der Waals surface area contributed by atoms with Gasteiger partial charge in [0.05, 0.1) is 11.1 Å². The number of allylic oxidation sites excluding steroid dienone is 1. The summed E-state index contributed by atoms with van der Waals surface area (Å²) in [4.78, 5) is 12.5. The number of carbonyl (C=O) groups excluding carboxylic acids is 1. The number of nitriles is 1.